The number of nitrogens with zero attached hydrogens (tertiary/aromatic N) is 1. The summed E-state index contributed by atoms with van der Waals surface area (Å²) in [6.45, 7) is 3.78. The number of halogens is 1. The zero-order valence-corrected chi connectivity index (χ0v) is 11.8. The molecule has 1 fully saturated rings. The van der Waals surface area contributed by atoms with Crippen LogP contribution in [0.2, 0.25) is 5.02 Å². The Hall–Kier alpha value is -0.840. The highest BCUT2D eigenvalue weighted by atomic mass is 35.5. The molecule has 1 aromatic carbocycles. The van der Waals surface area contributed by atoms with E-state index in [1.807, 2.05) is 18.2 Å². The third kappa shape index (κ3) is 2.32. The fourth-order valence-electron chi connectivity index (χ4n) is 2.26. The van der Waals surface area contributed by atoms with Crippen molar-refractivity contribution in [2.45, 2.75) is 25.3 Å². The maximum Gasteiger partial charge on any atom is 0.184 e. The van der Waals surface area contributed by atoms with Crippen molar-refractivity contribution < 1.29 is 4.74 Å². The van der Waals surface area contributed by atoms with Gasteiger partial charge < -0.3 is 10.1 Å². The maximum absolute atomic E-state index is 6.17. The van der Waals surface area contributed by atoms with Gasteiger partial charge in [0.15, 0.2) is 5.13 Å². The van der Waals surface area contributed by atoms with E-state index in [0.717, 1.165) is 46.4 Å². The number of hydrogen-bond acceptors (Lipinski definition) is 4. The van der Waals surface area contributed by atoms with Crippen molar-refractivity contribution >= 4 is 38.3 Å². The van der Waals surface area contributed by atoms with E-state index >= 15 is 0 Å². The van der Waals surface area contributed by atoms with Crippen molar-refractivity contribution in [2.75, 3.05) is 18.5 Å². The topological polar surface area (TPSA) is 34.2 Å². The molecule has 5 heteroatoms. The van der Waals surface area contributed by atoms with Crippen LogP contribution in [0.1, 0.15) is 19.8 Å². The first-order chi connectivity index (χ1) is 8.66. The summed E-state index contributed by atoms with van der Waals surface area (Å²) in [6.07, 6.45) is 2.20. The fourth-order valence-corrected chi connectivity index (χ4v) is 3.56. The molecular weight excluding hydrogens is 268 g/mol. The molecule has 1 atom stereocenters. The molecule has 1 N–H and O–H groups in total. The summed E-state index contributed by atoms with van der Waals surface area (Å²) in [5.41, 5.74) is 0.939. The van der Waals surface area contributed by atoms with Crippen molar-refractivity contribution in [2.24, 2.45) is 0 Å². The van der Waals surface area contributed by atoms with Gasteiger partial charge in [0.25, 0.3) is 0 Å². The van der Waals surface area contributed by atoms with Gasteiger partial charge in [-0.2, -0.15) is 0 Å². The van der Waals surface area contributed by atoms with Crippen molar-refractivity contribution in [1.29, 1.82) is 0 Å². The first kappa shape index (κ1) is 12.2. The van der Waals surface area contributed by atoms with Crippen LogP contribution in [0.25, 0.3) is 10.2 Å². The quantitative estimate of drug-likeness (QED) is 0.906. The highest BCUT2D eigenvalue weighted by Gasteiger charge is 2.28. The van der Waals surface area contributed by atoms with E-state index in [-0.39, 0.29) is 5.54 Å². The Morgan fingerprint density at radius 1 is 1.50 bits per heavy atom. The number of benzene rings is 1. The molecule has 3 rings (SSSR count). The summed E-state index contributed by atoms with van der Waals surface area (Å²) in [7, 11) is 0. The molecule has 1 aliphatic rings. The fraction of sp³-hybridized carbons (Fsp3) is 0.462. The molecule has 1 aromatic heterocycles. The Morgan fingerprint density at radius 3 is 3.11 bits per heavy atom. The summed E-state index contributed by atoms with van der Waals surface area (Å²) >= 11 is 7.77. The van der Waals surface area contributed by atoms with E-state index in [0.29, 0.717) is 0 Å². The Kier molecular flexibility index (Phi) is 3.18. The highest BCUT2D eigenvalue weighted by molar-refractivity contribution is 7.22. The smallest absolute Gasteiger partial charge is 0.184 e. The number of hydrogen-bond donors (Lipinski definition) is 1. The molecule has 18 heavy (non-hydrogen) atoms. The van der Waals surface area contributed by atoms with Gasteiger partial charge in [-0.15, -0.1) is 0 Å². The molecule has 0 radical (unpaired) electrons. The molecule has 1 unspecified atom stereocenters. The summed E-state index contributed by atoms with van der Waals surface area (Å²) < 4.78 is 6.59. The van der Waals surface area contributed by atoms with Crippen LogP contribution in [0, 0.1) is 0 Å². The standard InChI is InChI=1S/C13H15ClN2OS/c1-13(6-3-7-17-8-13)16-12-15-10-5-2-4-9(14)11(10)18-12/h2,4-5H,3,6-8H2,1H3,(H,15,16). The van der Waals surface area contributed by atoms with Crippen molar-refractivity contribution in [1.82, 2.24) is 4.98 Å². The van der Waals surface area contributed by atoms with Crippen LogP contribution in [0.3, 0.4) is 0 Å². The first-order valence-electron chi connectivity index (χ1n) is 6.07. The van der Waals surface area contributed by atoms with Gasteiger partial charge in [0.1, 0.15) is 0 Å². The van der Waals surface area contributed by atoms with Crippen LogP contribution in [0.5, 0.6) is 0 Å². The van der Waals surface area contributed by atoms with E-state index in [4.69, 9.17) is 16.3 Å². The molecule has 2 heterocycles. The second kappa shape index (κ2) is 4.68. The highest BCUT2D eigenvalue weighted by Crippen LogP contribution is 2.34. The van der Waals surface area contributed by atoms with E-state index in [2.05, 4.69) is 17.2 Å². The van der Waals surface area contributed by atoms with Crippen LogP contribution in [-0.2, 0) is 4.74 Å². The van der Waals surface area contributed by atoms with Crippen molar-refractivity contribution in [3.8, 4) is 0 Å². The van der Waals surface area contributed by atoms with Crippen molar-refractivity contribution in [3.05, 3.63) is 23.2 Å². The predicted octanol–water partition coefficient (Wildman–Crippen LogP) is 3.93. The zero-order chi connectivity index (χ0) is 12.6. The van der Waals surface area contributed by atoms with Crippen LogP contribution in [0.15, 0.2) is 18.2 Å². The molecular formula is C13H15ClN2OS. The van der Waals surface area contributed by atoms with Crippen LogP contribution >= 0.6 is 22.9 Å². The monoisotopic (exact) mass is 282 g/mol. The lowest BCUT2D eigenvalue weighted by Crippen LogP contribution is -2.42. The summed E-state index contributed by atoms with van der Waals surface area (Å²) in [4.78, 5) is 4.58. The largest absolute Gasteiger partial charge is 0.379 e. The average Bonchev–Trinajstić information content (AvgIpc) is 2.73. The zero-order valence-electron chi connectivity index (χ0n) is 10.2. The third-order valence-electron chi connectivity index (χ3n) is 3.21. The minimum absolute atomic E-state index is 0.0153. The molecule has 0 aliphatic carbocycles. The summed E-state index contributed by atoms with van der Waals surface area (Å²) in [5.74, 6) is 0. The van der Waals surface area contributed by atoms with Gasteiger partial charge in [0.2, 0.25) is 0 Å². The molecule has 0 bridgehead atoms. The number of nitrogens with one attached hydrogen (secondary N) is 1. The lowest BCUT2D eigenvalue weighted by molar-refractivity contribution is 0.0540. The number of rotatable bonds is 2. The van der Waals surface area contributed by atoms with Gasteiger partial charge in [-0.05, 0) is 31.9 Å². The van der Waals surface area contributed by atoms with Crippen LogP contribution < -0.4 is 5.32 Å². The van der Waals surface area contributed by atoms with Gasteiger partial charge in [-0.1, -0.05) is 29.0 Å². The molecule has 0 spiro atoms. The third-order valence-corrected chi connectivity index (χ3v) is 4.66. The number of thiazole rings is 1. The number of fused-ring (bicyclic) bond motifs is 1. The van der Waals surface area contributed by atoms with E-state index in [1.54, 1.807) is 11.3 Å². The van der Waals surface area contributed by atoms with Gasteiger partial charge in [-0.25, -0.2) is 4.98 Å². The van der Waals surface area contributed by atoms with Crippen LogP contribution in [0.4, 0.5) is 5.13 Å². The first-order valence-corrected chi connectivity index (χ1v) is 7.27. The second-order valence-corrected chi connectivity index (χ2v) is 6.36. The second-order valence-electron chi connectivity index (χ2n) is 4.95. The Labute approximate surface area is 115 Å². The molecule has 2 aromatic rings. The molecule has 1 saturated heterocycles. The lowest BCUT2D eigenvalue weighted by atomic mass is 9.95. The summed E-state index contributed by atoms with van der Waals surface area (Å²) in [5, 5.41) is 5.19. The number of ether oxygens (including phenoxy) is 1. The Bertz CT molecular complexity index is 563. The average molecular weight is 283 g/mol. The van der Waals surface area contributed by atoms with Gasteiger partial charge >= 0.3 is 0 Å². The van der Waals surface area contributed by atoms with Gasteiger partial charge in [0, 0.05) is 6.61 Å². The van der Waals surface area contributed by atoms with Gasteiger partial charge in [-0.3, -0.25) is 0 Å². The molecule has 1 aliphatic heterocycles. The maximum atomic E-state index is 6.17. The number of aromatic nitrogens is 1. The molecule has 96 valence electrons. The van der Waals surface area contributed by atoms with E-state index < -0.39 is 0 Å². The van der Waals surface area contributed by atoms with Crippen molar-refractivity contribution in [3.63, 3.8) is 0 Å². The van der Waals surface area contributed by atoms with Crippen LogP contribution in [-0.4, -0.2) is 23.7 Å². The normalized spacial score (nSPS) is 24.3. The number of anilines is 1. The molecule has 0 amide bonds. The molecule has 3 nitrogen and oxygen atoms in total. The Balaban J connectivity index is 1.88. The minimum atomic E-state index is -0.0153. The van der Waals surface area contributed by atoms with E-state index in [9.17, 15) is 0 Å². The van der Waals surface area contributed by atoms with E-state index in [1.165, 1.54) is 0 Å². The molecule has 0 saturated carbocycles. The minimum Gasteiger partial charge on any atom is -0.379 e. The summed E-state index contributed by atoms with van der Waals surface area (Å²) in [6, 6.07) is 5.82. The Morgan fingerprint density at radius 2 is 2.39 bits per heavy atom. The predicted molar refractivity (Wildman–Crippen MR) is 76.7 cm³/mol. The SMILES string of the molecule is CC1(Nc2nc3cccc(Cl)c3s2)CCCOC1. The lowest BCUT2D eigenvalue weighted by Gasteiger charge is -2.34. The van der Waals surface area contributed by atoms with Gasteiger partial charge in [0.05, 0.1) is 27.4 Å².